The van der Waals surface area contributed by atoms with Crippen LogP contribution >= 0.6 is 0 Å². The maximum atomic E-state index is 13.9. The fourth-order valence-electron chi connectivity index (χ4n) is 4.47. The van der Waals surface area contributed by atoms with Gasteiger partial charge in [0.2, 0.25) is 21.8 Å². The number of anilines is 1. The summed E-state index contributed by atoms with van der Waals surface area (Å²) in [5, 5.41) is 2.72. The summed E-state index contributed by atoms with van der Waals surface area (Å²) >= 11 is 0. The third-order valence-electron chi connectivity index (χ3n) is 6.27. The Morgan fingerprint density at radius 1 is 1.09 bits per heavy atom. The molecule has 1 fully saturated rings. The molecule has 0 spiro atoms. The number of benzene rings is 2. The number of nitrogens with zero attached hydrogens (tertiary/aromatic N) is 2. The minimum absolute atomic E-state index is 0.00109. The molecular formula is C24H28FN3O4S. The molecule has 1 N–H and O–H groups in total. The van der Waals surface area contributed by atoms with Crippen molar-refractivity contribution in [1.82, 2.24) is 9.62 Å². The Balaban J connectivity index is 1.58. The summed E-state index contributed by atoms with van der Waals surface area (Å²) in [6, 6.07) is 10.1. The monoisotopic (exact) mass is 473 g/mol. The molecule has 0 radical (unpaired) electrons. The van der Waals surface area contributed by atoms with Crippen molar-refractivity contribution in [2.75, 3.05) is 18.0 Å². The van der Waals surface area contributed by atoms with Crippen molar-refractivity contribution >= 4 is 27.5 Å². The standard InChI is InChI=1S/C24H28FN3O4S/c1-2-23(29)28-21-11-10-19(33(31,32)27-12-6-3-7-13-27)14-18(21)15-22(28)24(30)26-16-17-8-4-5-9-20(17)25/h4-5,8-11,14,22H,2-3,6-7,12-13,15-16H2,1H3,(H,26,30)/t22-/m0/s1. The van der Waals surface area contributed by atoms with Gasteiger partial charge in [-0.1, -0.05) is 31.5 Å². The number of hydrogen-bond acceptors (Lipinski definition) is 4. The molecule has 0 saturated carbocycles. The van der Waals surface area contributed by atoms with E-state index in [2.05, 4.69) is 5.32 Å². The summed E-state index contributed by atoms with van der Waals surface area (Å²) in [4.78, 5) is 27.3. The lowest BCUT2D eigenvalue weighted by atomic mass is 10.1. The quantitative estimate of drug-likeness (QED) is 0.699. The maximum Gasteiger partial charge on any atom is 0.243 e. The molecule has 4 rings (SSSR count). The highest BCUT2D eigenvalue weighted by atomic mass is 32.2. The number of fused-ring (bicyclic) bond motifs is 1. The molecule has 0 bridgehead atoms. The molecule has 9 heteroatoms. The van der Waals surface area contributed by atoms with Crippen molar-refractivity contribution in [2.45, 2.75) is 56.5 Å². The Morgan fingerprint density at radius 3 is 2.52 bits per heavy atom. The number of piperidine rings is 1. The molecule has 0 aliphatic carbocycles. The third-order valence-corrected chi connectivity index (χ3v) is 8.17. The van der Waals surface area contributed by atoms with Crippen molar-refractivity contribution in [3.63, 3.8) is 0 Å². The van der Waals surface area contributed by atoms with Crippen LogP contribution in [0, 0.1) is 5.82 Å². The van der Waals surface area contributed by atoms with E-state index in [1.54, 1.807) is 37.3 Å². The van der Waals surface area contributed by atoms with Gasteiger partial charge in [0, 0.05) is 43.7 Å². The fraction of sp³-hybridized carbons (Fsp3) is 0.417. The van der Waals surface area contributed by atoms with Gasteiger partial charge in [0.1, 0.15) is 11.9 Å². The van der Waals surface area contributed by atoms with Crippen molar-refractivity contribution in [3.05, 3.63) is 59.4 Å². The SMILES string of the molecule is CCC(=O)N1c2ccc(S(=O)(=O)N3CCCCC3)cc2C[C@H]1C(=O)NCc1ccccc1F. The molecular weight excluding hydrogens is 445 g/mol. The number of amides is 2. The molecule has 7 nitrogen and oxygen atoms in total. The number of carbonyl (C=O) groups excluding carboxylic acids is 2. The number of halogens is 1. The zero-order valence-corrected chi connectivity index (χ0v) is 19.4. The second kappa shape index (κ2) is 9.61. The molecule has 176 valence electrons. The summed E-state index contributed by atoms with van der Waals surface area (Å²) in [5.41, 5.74) is 1.54. The Hall–Kier alpha value is -2.78. The highest BCUT2D eigenvalue weighted by Crippen LogP contribution is 2.35. The molecule has 1 atom stereocenters. The van der Waals surface area contributed by atoms with Gasteiger partial charge in [0.05, 0.1) is 4.90 Å². The zero-order chi connectivity index (χ0) is 23.6. The lowest BCUT2D eigenvalue weighted by Crippen LogP contribution is -2.47. The van der Waals surface area contributed by atoms with Crippen LogP contribution in [-0.4, -0.2) is 43.7 Å². The van der Waals surface area contributed by atoms with E-state index in [1.807, 2.05) is 0 Å². The first-order valence-electron chi connectivity index (χ1n) is 11.3. The van der Waals surface area contributed by atoms with Gasteiger partial charge in [0.15, 0.2) is 0 Å². The predicted molar refractivity (Wildman–Crippen MR) is 123 cm³/mol. The largest absolute Gasteiger partial charge is 0.350 e. The third kappa shape index (κ3) is 4.65. The number of rotatable bonds is 6. The number of carbonyl (C=O) groups is 2. The summed E-state index contributed by atoms with van der Waals surface area (Å²) < 4.78 is 41.6. The van der Waals surface area contributed by atoms with E-state index in [-0.39, 0.29) is 30.2 Å². The van der Waals surface area contributed by atoms with Gasteiger partial charge >= 0.3 is 0 Å². The first-order valence-corrected chi connectivity index (χ1v) is 12.7. The summed E-state index contributed by atoms with van der Waals surface area (Å²) in [6.07, 6.45) is 3.10. The molecule has 2 aromatic rings. The van der Waals surface area contributed by atoms with Crippen LogP contribution in [0.15, 0.2) is 47.4 Å². The van der Waals surface area contributed by atoms with E-state index in [0.29, 0.717) is 29.9 Å². The van der Waals surface area contributed by atoms with Crippen molar-refractivity contribution in [1.29, 1.82) is 0 Å². The number of nitrogens with one attached hydrogen (secondary N) is 1. The second-order valence-electron chi connectivity index (χ2n) is 8.40. The summed E-state index contributed by atoms with van der Waals surface area (Å²) in [7, 11) is -3.63. The van der Waals surface area contributed by atoms with Crippen LogP contribution in [0.3, 0.4) is 0 Å². The molecule has 0 aromatic heterocycles. The van der Waals surface area contributed by atoms with Gasteiger partial charge in [-0.2, -0.15) is 4.31 Å². The first-order chi connectivity index (χ1) is 15.8. The topological polar surface area (TPSA) is 86.8 Å². The highest BCUT2D eigenvalue weighted by molar-refractivity contribution is 7.89. The Bertz CT molecular complexity index is 1160. The molecule has 0 unspecified atom stereocenters. The number of sulfonamides is 1. The van der Waals surface area contributed by atoms with E-state index in [9.17, 15) is 22.4 Å². The van der Waals surface area contributed by atoms with Crippen LogP contribution < -0.4 is 10.2 Å². The average molecular weight is 474 g/mol. The summed E-state index contributed by atoms with van der Waals surface area (Å²) in [6.45, 7) is 2.72. The fourth-order valence-corrected chi connectivity index (χ4v) is 6.04. The van der Waals surface area contributed by atoms with Gasteiger partial charge in [-0.3, -0.25) is 14.5 Å². The predicted octanol–water partition coefficient (Wildman–Crippen LogP) is 2.98. The van der Waals surface area contributed by atoms with Gasteiger partial charge < -0.3 is 5.32 Å². The average Bonchev–Trinajstić information content (AvgIpc) is 3.22. The molecule has 33 heavy (non-hydrogen) atoms. The van der Waals surface area contributed by atoms with Crippen LogP contribution in [0.25, 0.3) is 0 Å². The lowest BCUT2D eigenvalue weighted by molar-refractivity contribution is -0.126. The number of hydrogen-bond donors (Lipinski definition) is 1. The van der Waals surface area contributed by atoms with Crippen LogP contribution in [0.5, 0.6) is 0 Å². The van der Waals surface area contributed by atoms with E-state index < -0.39 is 27.8 Å². The molecule has 2 amide bonds. The summed E-state index contributed by atoms with van der Waals surface area (Å²) in [5.74, 6) is -1.05. The normalized spacial score (nSPS) is 18.7. The van der Waals surface area contributed by atoms with Gasteiger partial charge in [-0.15, -0.1) is 0 Å². The lowest BCUT2D eigenvalue weighted by Gasteiger charge is -2.26. The van der Waals surface area contributed by atoms with Crippen molar-refractivity contribution in [3.8, 4) is 0 Å². The van der Waals surface area contributed by atoms with Gasteiger partial charge in [-0.05, 0) is 42.7 Å². The van der Waals surface area contributed by atoms with Gasteiger partial charge in [0.25, 0.3) is 0 Å². The van der Waals surface area contributed by atoms with Gasteiger partial charge in [-0.25, -0.2) is 12.8 Å². The van der Waals surface area contributed by atoms with Crippen molar-refractivity contribution in [2.24, 2.45) is 0 Å². The molecule has 1 saturated heterocycles. The smallest absolute Gasteiger partial charge is 0.243 e. The Labute approximate surface area is 193 Å². The van der Waals surface area contributed by atoms with Crippen LogP contribution in [0.1, 0.15) is 43.7 Å². The maximum absolute atomic E-state index is 13.9. The van der Waals surface area contributed by atoms with E-state index >= 15 is 0 Å². The van der Waals surface area contributed by atoms with Crippen LogP contribution in [0.4, 0.5) is 10.1 Å². The first kappa shape index (κ1) is 23.4. The van der Waals surface area contributed by atoms with E-state index in [1.165, 1.54) is 21.3 Å². The van der Waals surface area contributed by atoms with Crippen LogP contribution in [0.2, 0.25) is 0 Å². The Morgan fingerprint density at radius 2 is 1.82 bits per heavy atom. The van der Waals surface area contributed by atoms with Crippen molar-refractivity contribution < 1.29 is 22.4 Å². The molecule has 2 aromatic carbocycles. The minimum Gasteiger partial charge on any atom is -0.350 e. The highest BCUT2D eigenvalue weighted by Gasteiger charge is 2.39. The zero-order valence-electron chi connectivity index (χ0n) is 18.6. The minimum atomic E-state index is -3.63. The van der Waals surface area contributed by atoms with E-state index in [4.69, 9.17) is 0 Å². The van der Waals surface area contributed by atoms with Crippen LogP contribution in [-0.2, 0) is 32.6 Å². The Kier molecular flexibility index (Phi) is 6.81. The molecule has 2 heterocycles. The van der Waals surface area contributed by atoms with E-state index in [0.717, 1.165) is 19.3 Å². The molecule has 2 aliphatic rings. The second-order valence-corrected chi connectivity index (χ2v) is 10.3. The molecule has 2 aliphatic heterocycles.